The van der Waals surface area contributed by atoms with Gasteiger partial charge in [-0.05, 0) is 69.6 Å². The van der Waals surface area contributed by atoms with Crippen molar-refractivity contribution in [2.75, 3.05) is 27.4 Å². The maximum atomic E-state index is 14.6. The SMILES string of the molecule is COCC1(S(=O)(=O)NC(=O)[C@@]23C[C@H]2/C=C\CCCCC[C@H](NC(=O)O)C(=O)N2C[C@@]4(CCc5c(c(C(F)F)nc6ccc(OC)cc56)O4)C[C@H]2C(=O)N3)CC1. The zero-order chi connectivity index (χ0) is 39.3. The highest BCUT2D eigenvalue weighted by atomic mass is 32.2. The molecule has 3 aliphatic heterocycles. The van der Waals surface area contributed by atoms with Crippen molar-refractivity contribution in [1.29, 1.82) is 0 Å². The van der Waals surface area contributed by atoms with Crippen LogP contribution in [0.3, 0.4) is 0 Å². The fraction of sp³-hybridized carbons (Fsp3) is 0.595. The van der Waals surface area contributed by atoms with Gasteiger partial charge in [-0.15, -0.1) is 0 Å². The van der Waals surface area contributed by atoms with Crippen molar-refractivity contribution in [2.24, 2.45) is 5.92 Å². The van der Waals surface area contributed by atoms with E-state index in [1.54, 1.807) is 24.3 Å². The van der Waals surface area contributed by atoms with Crippen LogP contribution < -0.4 is 24.8 Å². The van der Waals surface area contributed by atoms with E-state index in [9.17, 15) is 41.5 Å². The molecule has 2 aromatic rings. The van der Waals surface area contributed by atoms with Gasteiger partial charge in [0.15, 0.2) is 5.75 Å². The summed E-state index contributed by atoms with van der Waals surface area (Å²) in [5, 5.41) is 15.3. The van der Waals surface area contributed by atoms with E-state index in [0.29, 0.717) is 60.7 Å². The van der Waals surface area contributed by atoms with E-state index < -0.39 is 79.8 Å². The van der Waals surface area contributed by atoms with Crippen molar-refractivity contribution in [1.82, 2.24) is 25.2 Å². The van der Waals surface area contributed by atoms with E-state index in [0.717, 1.165) is 0 Å². The van der Waals surface area contributed by atoms with E-state index >= 15 is 0 Å². The quantitative estimate of drug-likeness (QED) is 0.285. The Hall–Kier alpha value is -4.58. The second-order valence-corrected chi connectivity index (χ2v) is 17.4. The number of fused-ring (bicyclic) bond motifs is 5. The molecule has 0 bridgehead atoms. The highest BCUT2D eigenvalue weighted by molar-refractivity contribution is 7.91. The monoisotopic (exact) mass is 789 g/mol. The maximum Gasteiger partial charge on any atom is 0.405 e. The number of halogens is 2. The number of ether oxygens (including phenoxy) is 3. The molecule has 4 N–H and O–H groups in total. The molecule has 18 heteroatoms. The van der Waals surface area contributed by atoms with E-state index in [4.69, 9.17) is 14.2 Å². The second kappa shape index (κ2) is 14.5. The third-order valence-corrected chi connectivity index (χ3v) is 13.8. The van der Waals surface area contributed by atoms with Crippen molar-refractivity contribution in [3.05, 3.63) is 41.6 Å². The van der Waals surface area contributed by atoms with Gasteiger partial charge in [0, 0.05) is 30.4 Å². The summed E-state index contributed by atoms with van der Waals surface area (Å²) in [6.45, 7) is -0.364. The van der Waals surface area contributed by atoms with Crippen LogP contribution in [0.5, 0.6) is 11.5 Å². The molecule has 5 atom stereocenters. The zero-order valence-electron chi connectivity index (χ0n) is 30.6. The minimum Gasteiger partial charge on any atom is -0.497 e. The number of nitrogens with zero attached hydrogens (tertiary/aromatic N) is 2. The van der Waals surface area contributed by atoms with Crippen LogP contribution in [0.15, 0.2) is 30.4 Å². The number of carbonyl (C=O) groups is 4. The Bertz CT molecular complexity index is 2040. The van der Waals surface area contributed by atoms with Gasteiger partial charge in [-0.3, -0.25) is 19.1 Å². The average molecular weight is 790 g/mol. The first-order valence-electron chi connectivity index (χ1n) is 18.5. The molecule has 55 heavy (non-hydrogen) atoms. The van der Waals surface area contributed by atoms with Gasteiger partial charge in [-0.2, -0.15) is 0 Å². The molecule has 0 unspecified atom stereocenters. The average Bonchev–Trinajstić information content (AvgIpc) is 4.05. The summed E-state index contributed by atoms with van der Waals surface area (Å²) < 4.78 is 74.0. The molecule has 1 saturated heterocycles. The van der Waals surface area contributed by atoms with Gasteiger partial charge in [0.25, 0.3) is 12.3 Å². The number of sulfonamides is 1. The number of benzene rings is 1. The highest BCUT2D eigenvalue weighted by Crippen LogP contribution is 2.50. The van der Waals surface area contributed by atoms with Gasteiger partial charge in [0.1, 0.15) is 39.4 Å². The molecule has 15 nitrogen and oxygen atoms in total. The zero-order valence-corrected chi connectivity index (χ0v) is 31.4. The molecular formula is C37H45F2N5O10S. The smallest absolute Gasteiger partial charge is 0.405 e. The molecule has 7 rings (SSSR count). The summed E-state index contributed by atoms with van der Waals surface area (Å²) in [5.41, 5.74) is -2.84. The van der Waals surface area contributed by atoms with Crippen LogP contribution >= 0.6 is 0 Å². The van der Waals surface area contributed by atoms with Gasteiger partial charge in [-0.1, -0.05) is 25.0 Å². The molecule has 0 radical (unpaired) electrons. The van der Waals surface area contributed by atoms with E-state index in [-0.39, 0.29) is 51.0 Å². The number of carboxylic acid groups (broad SMARTS) is 1. The molecule has 1 aromatic carbocycles. The number of rotatable bonds is 8. The third kappa shape index (κ3) is 7.18. The minimum atomic E-state index is -4.20. The fourth-order valence-corrected chi connectivity index (χ4v) is 9.95. The standard InChI is InChI=1S/C37H45F2N5O10S/c1-52-20-36(14-15-36)55(50,51)43-33(47)37-17-21(37)8-6-4-3-5-7-9-26(41-34(48)49)32(46)44-19-35(18-27(44)31(45)42-37)13-12-23-24-16-22(53-2)10-11-25(24)40-28(30(38)39)29(23)54-35/h6,8,10-11,16,21,26-27,30,41H,3-5,7,9,12-15,17-20H2,1-2H3,(H,42,45)(H,43,47)(H,48,49)/b8-6-/t21-,26+,27+,35-,37-/m1/s1. The number of allylic oxidation sites excluding steroid dienone is 1. The number of aryl methyl sites for hydroxylation is 1. The van der Waals surface area contributed by atoms with Crippen LogP contribution in [-0.2, 0) is 35.6 Å². The Balaban J connectivity index is 1.25. The topological polar surface area (TPSA) is 203 Å². The number of amides is 4. The van der Waals surface area contributed by atoms with Crippen molar-refractivity contribution in [3.63, 3.8) is 0 Å². The third-order valence-electron chi connectivity index (χ3n) is 11.7. The fourth-order valence-electron chi connectivity index (χ4n) is 8.39. The van der Waals surface area contributed by atoms with E-state index in [2.05, 4.69) is 20.3 Å². The lowest BCUT2D eigenvalue weighted by Crippen LogP contribution is -2.59. The molecule has 1 aromatic heterocycles. The van der Waals surface area contributed by atoms with Gasteiger partial charge in [-0.25, -0.2) is 27.0 Å². The van der Waals surface area contributed by atoms with Gasteiger partial charge in [0.05, 0.1) is 25.8 Å². The first-order valence-corrected chi connectivity index (χ1v) is 20.0. The Morgan fingerprint density at radius 2 is 1.93 bits per heavy atom. The number of carbonyl (C=O) groups excluding carboxylic acids is 3. The first kappa shape index (κ1) is 38.7. The number of nitrogens with one attached hydrogen (secondary N) is 3. The van der Waals surface area contributed by atoms with Crippen molar-refractivity contribution < 1.29 is 55.7 Å². The lowest BCUT2D eigenvalue weighted by Gasteiger charge is -2.37. The lowest BCUT2D eigenvalue weighted by atomic mass is 9.87. The normalized spacial score (nSPS) is 29.5. The minimum absolute atomic E-state index is 0.0900. The number of pyridine rings is 1. The van der Waals surface area contributed by atoms with Crippen LogP contribution in [0.1, 0.15) is 81.9 Å². The molecule has 4 amide bonds. The van der Waals surface area contributed by atoms with Gasteiger partial charge >= 0.3 is 6.09 Å². The maximum absolute atomic E-state index is 14.6. The molecule has 4 heterocycles. The van der Waals surface area contributed by atoms with Crippen LogP contribution in [-0.4, -0.2) is 103 Å². The van der Waals surface area contributed by atoms with Gasteiger partial charge in [0.2, 0.25) is 21.8 Å². The molecule has 3 fully saturated rings. The van der Waals surface area contributed by atoms with Crippen LogP contribution in [0, 0.1) is 5.92 Å². The predicted molar refractivity (Wildman–Crippen MR) is 192 cm³/mol. The number of aromatic nitrogens is 1. The second-order valence-electron chi connectivity index (χ2n) is 15.3. The lowest BCUT2D eigenvalue weighted by molar-refractivity contribution is -0.141. The summed E-state index contributed by atoms with van der Waals surface area (Å²) in [6, 6.07) is 2.30. The van der Waals surface area contributed by atoms with Crippen molar-refractivity contribution in [3.8, 4) is 11.5 Å². The van der Waals surface area contributed by atoms with Crippen molar-refractivity contribution in [2.45, 2.75) is 105 Å². The molecule has 298 valence electrons. The summed E-state index contributed by atoms with van der Waals surface area (Å²) in [5.74, 6) is -2.65. The largest absolute Gasteiger partial charge is 0.497 e. The van der Waals surface area contributed by atoms with Gasteiger partial charge < -0.3 is 34.9 Å². The summed E-state index contributed by atoms with van der Waals surface area (Å²) >= 11 is 0. The van der Waals surface area contributed by atoms with Crippen molar-refractivity contribution >= 4 is 44.7 Å². The number of hydrogen-bond acceptors (Lipinski definition) is 10. The Kier molecular flexibility index (Phi) is 10.2. The van der Waals surface area contributed by atoms with E-state index in [1.807, 2.05) is 6.08 Å². The van der Waals surface area contributed by atoms with E-state index in [1.165, 1.54) is 19.1 Å². The van der Waals surface area contributed by atoms with Crippen LogP contribution in [0.2, 0.25) is 0 Å². The summed E-state index contributed by atoms with van der Waals surface area (Å²) in [4.78, 5) is 60.1. The summed E-state index contributed by atoms with van der Waals surface area (Å²) in [7, 11) is -1.36. The Morgan fingerprint density at radius 3 is 2.62 bits per heavy atom. The number of alkyl halides is 2. The summed E-state index contributed by atoms with van der Waals surface area (Å²) in [6.07, 6.45) is 2.68. The molecule has 2 aliphatic carbocycles. The Morgan fingerprint density at radius 1 is 1.15 bits per heavy atom. The molecular weight excluding hydrogens is 744 g/mol. The van der Waals surface area contributed by atoms with Crippen LogP contribution in [0.4, 0.5) is 13.6 Å². The predicted octanol–water partition coefficient (Wildman–Crippen LogP) is 3.50. The first-order chi connectivity index (χ1) is 26.2. The number of hydrogen-bond donors (Lipinski definition) is 4. The molecule has 5 aliphatic rings. The highest BCUT2D eigenvalue weighted by Gasteiger charge is 2.64. The number of methoxy groups -OCH3 is 2. The Labute approximate surface area is 316 Å². The molecule has 1 spiro atoms. The van der Waals surface area contributed by atoms with Crippen LogP contribution in [0.25, 0.3) is 10.9 Å². The molecule has 2 saturated carbocycles.